The van der Waals surface area contributed by atoms with Crippen molar-refractivity contribution in [3.8, 4) is 0 Å². The number of rotatable bonds is 3. The van der Waals surface area contributed by atoms with Crippen LogP contribution in [-0.4, -0.2) is 30.5 Å². The van der Waals surface area contributed by atoms with Crippen LogP contribution in [0, 0.1) is 6.92 Å². The lowest BCUT2D eigenvalue weighted by molar-refractivity contribution is 0.0382. The summed E-state index contributed by atoms with van der Waals surface area (Å²) < 4.78 is 5.19. The zero-order chi connectivity index (χ0) is 11.6. The summed E-state index contributed by atoms with van der Waals surface area (Å²) in [6.45, 7) is 3.49. The fraction of sp³-hybridized carbons (Fsp3) is 0.500. The van der Waals surface area contributed by atoms with Gasteiger partial charge in [-0.15, -0.1) is 0 Å². The fourth-order valence-corrected chi connectivity index (χ4v) is 1.92. The van der Waals surface area contributed by atoms with Crippen LogP contribution >= 0.6 is 0 Å². The molecule has 1 aliphatic rings. The van der Waals surface area contributed by atoms with E-state index in [0.29, 0.717) is 31.9 Å². The Balaban J connectivity index is 2.04. The van der Waals surface area contributed by atoms with Gasteiger partial charge in [0, 0.05) is 19.6 Å². The minimum atomic E-state index is -0.755. The molecule has 4 heteroatoms. The average molecular weight is 222 g/mol. The van der Waals surface area contributed by atoms with Crippen molar-refractivity contribution in [2.24, 2.45) is 0 Å². The summed E-state index contributed by atoms with van der Waals surface area (Å²) in [6.07, 6.45) is 0.672. The third kappa shape index (κ3) is 2.28. The molecule has 0 amide bonds. The molecule has 4 nitrogen and oxygen atoms in total. The molecule has 1 unspecified atom stereocenters. The second kappa shape index (κ2) is 4.31. The predicted molar refractivity (Wildman–Crippen MR) is 64.5 cm³/mol. The van der Waals surface area contributed by atoms with Crippen molar-refractivity contribution in [2.75, 3.05) is 30.8 Å². The summed E-state index contributed by atoms with van der Waals surface area (Å²) in [5.41, 5.74) is 7.82. The molecule has 16 heavy (non-hydrogen) atoms. The molecular formula is C12H18N2O2. The van der Waals surface area contributed by atoms with Gasteiger partial charge in [-0.25, -0.2) is 0 Å². The average Bonchev–Trinajstić information content (AvgIpc) is 2.65. The molecule has 1 aromatic rings. The molecule has 0 spiro atoms. The van der Waals surface area contributed by atoms with Crippen molar-refractivity contribution in [1.82, 2.24) is 0 Å². The zero-order valence-electron chi connectivity index (χ0n) is 9.49. The van der Waals surface area contributed by atoms with Crippen LogP contribution in [0.25, 0.3) is 0 Å². The first-order chi connectivity index (χ1) is 7.61. The zero-order valence-corrected chi connectivity index (χ0v) is 9.49. The van der Waals surface area contributed by atoms with E-state index in [9.17, 15) is 5.11 Å². The van der Waals surface area contributed by atoms with E-state index >= 15 is 0 Å². The van der Waals surface area contributed by atoms with Crippen LogP contribution in [0.5, 0.6) is 0 Å². The smallest absolute Gasteiger partial charge is 0.107 e. The maximum atomic E-state index is 10.1. The van der Waals surface area contributed by atoms with Gasteiger partial charge in [-0.2, -0.15) is 0 Å². The maximum Gasteiger partial charge on any atom is 0.107 e. The molecule has 1 atom stereocenters. The summed E-state index contributed by atoms with van der Waals surface area (Å²) >= 11 is 0. The molecule has 0 aromatic heterocycles. The van der Waals surface area contributed by atoms with E-state index in [0.717, 1.165) is 11.3 Å². The van der Waals surface area contributed by atoms with Crippen molar-refractivity contribution in [3.05, 3.63) is 23.8 Å². The summed E-state index contributed by atoms with van der Waals surface area (Å²) in [4.78, 5) is 0. The fourth-order valence-electron chi connectivity index (χ4n) is 1.92. The number of para-hydroxylation sites is 1. The Bertz CT molecular complexity index is 353. The highest BCUT2D eigenvalue weighted by Gasteiger charge is 2.32. The number of hydrogen-bond acceptors (Lipinski definition) is 4. The highest BCUT2D eigenvalue weighted by Crippen LogP contribution is 2.25. The second-order valence-corrected chi connectivity index (χ2v) is 4.42. The van der Waals surface area contributed by atoms with Gasteiger partial charge >= 0.3 is 0 Å². The molecule has 0 aliphatic carbocycles. The van der Waals surface area contributed by atoms with Crippen LogP contribution < -0.4 is 11.1 Å². The molecule has 88 valence electrons. The number of nitrogens with two attached hydrogens (primary N) is 1. The van der Waals surface area contributed by atoms with Crippen LogP contribution in [0.4, 0.5) is 11.4 Å². The van der Waals surface area contributed by atoms with Crippen molar-refractivity contribution in [1.29, 1.82) is 0 Å². The quantitative estimate of drug-likeness (QED) is 0.671. The standard InChI is InChI=1S/C12H18N2O2/c1-9-3-2-4-10(13)11(9)14-7-12(15)5-6-16-8-12/h2-4,14-15H,5-8,13H2,1H3. The van der Waals surface area contributed by atoms with Crippen molar-refractivity contribution < 1.29 is 9.84 Å². The number of aryl methyl sites for hydroxylation is 1. The van der Waals surface area contributed by atoms with E-state index in [2.05, 4.69) is 5.32 Å². The highest BCUT2D eigenvalue weighted by atomic mass is 16.5. The Morgan fingerprint density at radius 1 is 1.56 bits per heavy atom. The van der Waals surface area contributed by atoms with Crippen LogP contribution in [0.1, 0.15) is 12.0 Å². The van der Waals surface area contributed by atoms with Gasteiger partial charge in [0.15, 0.2) is 0 Å². The third-order valence-corrected chi connectivity index (χ3v) is 2.98. The first kappa shape index (κ1) is 11.2. The minimum Gasteiger partial charge on any atom is -0.397 e. The number of aliphatic hydroxyl groups is 1. The predicted octanol–water partition coefficient (Wildman–Crippen LogP) is 1.14. The summed E-state index contributed by atoms with van der Waals surface area (Å²) in [5, 5.41) is 13.3. The topological polar surface area (TPSA) is 67.5 Å². The molecule has 1 aromatic carbocycles. The Morgan fingerprint density at radius 3 is 3.00 bits per heavy atom. The van der Waals surface area contributed by atoms with Crippen molar-refractivity contribution >= 4 is 11.4 Å². The molecular weight excluding hydrogens is 204 g/mol. The Morgan fingerprint density at radius 2 is 2.38 bits per heavy atom. The van der Waals surface area contributed by atoms with Crippen LogP contribution in [0.15, 0.2) is 18.2 Å². The van der Waals surface area contributed by atoms with Gasteiger partial charge in [0.05, 0.1) is 18.0 Å². The van der Waals surface area contributed by atoms with Crippen LogP contribution in [0.2, 0.25) is 0 Å². The second-order valence-electron chi connectivity index (χ2n) is 4.42. The summed E-state index contributed by atoms with van der Waals surface area (Å²) in [5.74, 6) is 0. The molecule has 1 heterocycles. The normalized spacial score (nSPS) is 24.6. The van der Waals surface area contributed by atoms with E-state index < -0.39 is 5.60 Å². The Labute approximate surface area is 95.4 Å². The van der Waals surface area contributed by atoms with E-state index in [-0.39, 0.29) is 0 Å². The lowest BCUT2D eigenvalue weighted by atomic mass is 10.0. The summed E-state index contributed by atoms with van der Waals surface area (Å²) in [6, 6.07) is 5.77. The molecule has 1 saturated heterocycles. The van der Waals surface area contributed by atoms with Gasteiger partial charge in [-0.1, -0.05) is 12.1 Å². The lowest BCUT2D eigenvalue weighted by Gasteiger charge is -2.22. The number of ether oxygens (including phenoxy) is 1. The van der Waals surface area contributed by atoms with Gasteiger partial charge in [-0.3, -0.25) is 0 Å². The maximum absolute atomic E-state index is 10.1. The van der Waals surface area contributed by atoms with Gasteiger partial charge in [0.1, 0.15) is 5.60 Å². The van der Waals surface area contributed by atoms with E-state index in [1.165, 1.54) is 0 Å². The number of hydrogen-bond donors (Lipinski definition) is 3. The van der Waals surface area contributed by atoms with Crippen molar-refractivity contribution in [2.45, 2.75) is 18.9 Å². The molecule has 0 bridgehead atoms. The first-order valence-electron chi connectivity index (χ1n) is 5.50. The first-order valence-corrected chi connectivity index (χ1v) is 5.50. The monoisotopic (exact) mass is 222 g/mol. The van der Waals surface area contributed by atoms with Crippen molar-refractivity contribution in [3.63, 3.8) is 0 Å². The largest absolute Gasteiger partial charge is 0.397 e. The summed E-state index contributed by atoms with van der Waals surface area (Å²) in [7, 11) is 0. The number of benzene rings is 1. The molecule has 0 radical (unpaired) electrons. The Hall–Kier alpha value is -1.26. The molecule has 1 fully saturated rings. The third-order valence-electron chi connectivity index (χ3n) is 2.98. The minimum absolute atomic E-state index is 0.395. The van der Waals surface area contributed by atoms with Gasteiger partial charge in [0.25, 0.3) is 0 Å². The number of nitrogens with one attached hydrogen (secondary N) is 1. The van der Waals surface area contributed by atoms with E-state index in [1.807, 2.05) is 25.1 Å². The Kier molecular flexibility index (Phi) is 3.03. The number of anilines is 2. The molecule has 4 N–H and O–H groups in total. The van der Waals surface area contributed by atoms with Crippen LogP contribution in [0.3, 0.4) is 0 Å². The van der Waals surface area contributed by atoms with Gasteiger partial charge < -0.3 is 20.9 Å². The molecule has 1 aliphatic heterocycles. The lowest BCUT2D eigenvalue weighted by Crippen LogP contribution is -2.37. The van der Waals surface area contributed by atoms with E-state index in [1.54, 1.807) is 0 Å². The van der Waals surface area contributed by atoms with Gasteiger partial charge in [0.2, 0.25) is 0 Å². The van der Waals surface area contributed by atoms with Gasteiger partial charge in [-0.05, 0) is 18.6 Å². The van der Waals surface area contributed by atoms with E-state index in [4.69, 9.17) is 10.5 Å². The number of nitrogen functional groups attached to an aromatic ring is 1. The highest BCUT2D eigenvalue weighted by molar-refractivity contribution is 5.69. The molecule has 2 rings (SSSR count). The van der Waals surface area contributed by atoms with Crippen LogP contribution in [-0.2, 0) is 4.74 Å². The molecule has 0 saturated carbocycles. The SMILES string of the molecule is Cc1cccc(N)c1NCC1(O)CCOC1.